The van der Waals surface area contributed by atoms with Crippen LogP contribution in [0.2, 0.25) is 0 Å². The topological polar surface area (TPSA) is 210 Å². The summed E-state index contributed by atoms with van der Waals surface area (Å²) in [6, 6.07) is 6.08. The van der Waals surface area contributed by atoms with Gasteiger partial charge in [0.2, 0.25) is 0 Å². The number of benzene rings is 1. The Morgan fingerprint density at radius 1 is 1.40 bits per heavy atom. The van der Waals surface area contributed by atoms with Crippen LogP contribution in [0.3, 0.4) is 0 Å². The van der Waals surface area contributed by atoms with Gasteiger partial charge in [0.1, 0.15) is 17.9 Å². The highest BCUT2D eigenvalue weighted by Gasteiger charge is 2.46. The van der Waals surface area contributed by atoms with Crippen LogP contribution in [-0.2, 0) is 19.6 Å². The fourth-order valence-electron chi connectivity index (χ4n) is 3.91. The first kappa shape index (κ1) is 26.7. The number of nitrogens with two attached hydrogens (primary N) is 1. The first-order valence-electron chi connectivity index (χ1n) is 10.6. The first-order valence-corrected chi connectivity index (χ1v) is 12.1. The van der Waals surface area contributed by atoms with Crippen molar-refractivity contribution < 1.29 is 38.4 Å². The third-order valence-electron chi connectivity index (χ3n) is 5.56. The number of nitro groups is 1. The van der Waals surface area contributed by atoms with Crippen molar-refractivity contribution in [2.24, 2.45) is 5.92 Å². The van der Waals surface area contributed by atoms with Crippen molar-refractivity contribution in [1.82, 2.24) is 9.55 Å². The number of hydrogen-bond acceptors (Lipinski definition) is 10. The van der Waals surface area contributed by atoms with Gasteiger partial charge in [-0.1, -0.05) is 26.0 Å². The van der Waals surface area contributed by atoms with E-state index in [0.29, 0.717) is 5.56 Å². The summed E-state index contributed by atoms with van der Waals surface area (Å²) >= 11 is 0. The van der Waals surface area contributed by atoms with Crippen molar-refractivity contribution in [1.29, 1.82) is 0 Å². The summed E-state index contributed by atoms with van der Waals surface area (Å²) in [5.74, 6) is -0.542. The first-order chi connectivity index (χ1) is 16.2. The van der Waals surface area contributed by atoms with Crippen LogP contribution in [0.5, 0.6) is 5.75 Å². The quantitative estimate of drug-likeness (QED) is 0.213. The average molecular weight is 514 g/mol. The molecular formula is C20H27N4O10P. The zero-order chi connectivity index (χ0) is 26.1. The van der Waals surface area contributed by atoms with Crippen LogP contribution in [0.1, 0.15) is 38.9 Å². The predicted octanol–water partition coefficient (Wildman–Crippen LogP) is 1.44. The Labute approximate surface area is 199 Å². The lowest BCUT2D eigenvalue weighted by molar-refractivity contribution is -0.386. The Hall–Kier alpha value is -2.87. The zero-order valence-corrected chi connectivity index (χ0v) is 20.1. The molecule has 3 rings (SSSR count). The molecule has 35 heavy (non-hydrogen) atoms. The number of aliphatic hydroxyl groups is 1. The molecule has 0 saturated carbocycles. The van der Waals surface area contributed by atoms with E-state index >= 15 is 0 Å². The normalized spacial score (nSPS) is 23.4. The Bertz CT molecular complexity index is 1200. The van der Waals surface area contributed by atoms with Crippen LogP contribution in [-0.4, -0.2) is 48.2 Å². The molecule has 2 aromatic rings. The molecule has 1 aromatic heterocycles. The summed E-state index contributed by atoms with van der Waals surface area (Å²) in [4.78, 5) is 45.3. The van der Waals surface area contributed by atoms with Crippen molar-refractivity contribution in [2.75, 3.05) is 12.3 Å². The van der Waals surface area contributed by atoms with E-state index in [9.17, 15) is 24.6 Å². The van der Waals surface area contributed by atoms with Gasteiger partial charge in [-0.15, -0.1) is 0 Å². The van der Waals surface area contributed by atoms with Crippen LogP contribution in [0, 0.1) is 16.0 Å². The highest BCUT2D eigenvalue weighted by Crippen LogP contribution is 2.41. The molecule has 192 valence electrons. The molecule has 4 atom stereocenters. The molecule has 1 saturated heterocycles. The molecule has 0 amide bonds. The van der Waals surface area contributed by atoms with E-state index in [4.69, 9.17) is 25.0 Å². The molecule has 1 aliphatic heterocycles. The van der Waals surface area contributed by atoms with Crippen molar-refractivity contribution in [3.63, 3.8) is 0 Å². The number of rotatable bonds is 9. The highest BCUT2D eigenvalue weighted by atomic mass is 31.2. The lowest BCUT2D eigenvalue weighted by Crippen LogP contribution is -2.40. The fraction of sp³-hybridized carbons (Fsp3) is 0.500. The van der Waals surface area contributed by atoms with Gasteiger partial charge >= 0.3 is 13.5 Å². The van der Waals surface area contributed by atoms with Crippen molar-refractivity contribution in [3.05, 3.63) is 56.6 Å². The smallest absolute Gasteiger partial charge is 0.469 e. The average Bonchev–Trinajstić information content (AvgIpc) is 3.05. The zero-order valence-electron chi connectivity index (χ0n) is 19.2. The van der Waals surface area contributed by atoms with Gasteiger partial charge in [0.05, 0.1) is 29.4 Å². The van der Waals surface area contributed by atoms with Gasteiger partial charge in [-0.2, -0.15) is 4.98 Å². The van der Waals surface area contributed by atoms with E-state index in [2.05, 4.69) is 9.51 Å². The SMILES string of the molecule is CC(C)[C@H](Oc1cn([C@@]2(C)C[C@H](O)[C@@H](COP(=O)(O)O)O2)c(=O)nc1N)c1ccccc1[N+](=O)[O-]. The molecule has 0 aliphatic carbocycles. The summed E-state index contributed by atoms with van der Waals surface area (Å²) in [5.41, 5.74) is 3.78. The Balaban J connectivity index is 1.95. The number of aromatic nitrogens is 2. The second-order valence-electron chi connectivity index (χ2n) is 8.63. The summed E-state index contributed by atoms with van der Waals surface area (Å²) in [6.07, 6.45) is -2.08. The fourth-order valence-corrected chi connectivity index (χ4v) is 4.25. The predicted molar refractivity (Wildman–Crippen MR) is 121 cm³/mol. The minimum Gasteiger partial charge on any atom is -0.480 e. The summed E-state index contributed by atoms with van der Waals surface area (Å²) < 4.78 is 28.2. The van der Waals surface area contributed by atoms with E-state index in [1.165, 1.54) is 25.3 Å². The molecule has 0 bridgehead atoms. The van der Waals surface area contributed by atoms with Crippen molar-refractivity contribution in [2.45, 2.75) is 51.2 Å². The number of para-hydroxylation sites is 1. The number of anilines is 1. The van der Waals surface area contributed by atoms with E-state index in [1.807, 2.05) is 0 Å². The van der Waals surface area contributed by atoms with Gasteiger partial charge in [0.15, 0.2) is 11.6 Å². The van der Waals surface area contributed by atoms with Crippen LogP contribution in [0.15, 0.2) is 35.3 Å². The molecule has 1 aliphatic rings. The number of phosphoric acid groups is 1. The maximum atomic E-state index is 12.7. The second kappa shape index (κ2) is 10.0. The van der Waals surface area contributed by atoms with Crippen LogP contribution >= 0.6 is 7.82 Å². The maximum absolute atomic E-state index is 12.7. The molecule has 2 heterocycles. The van der Waals surface area contributed by atoms with E-state index in [1.54, 1.807) is 26.0 Å². The van der Waals surface area contributed by atoms with Gasteiger partial charge in [0, 0.05) is 12.5 Å². The standard InChI is InChI=1S/C20H27N4O10P/c1-11(2)17(12-6-4-5-7-13(12)24(27)28)33-15-9-23(19(26)22-18(15)21)20(3)8-14(25)16(34-20)10-32-35(29,30)31/h4-7,9,11,14,16-17,25H,8,10H2,1-3H3,(H2,21,22,26)(H2,29,30,31)/t14-,16+,17-,20+/m0/s1. The molecule has 5 N–H and O–H groups in total. The number of phosphoric ester groups is 1. The van der Waals surface area contributed by atoms with E-state index in [-0.39, 0.29) is 29.6 Å². The minimum absolute atomic E-state index is 0.0457. The lowest BCUT2D eigenvalue weighted by Gasteiger charge is -2.28. The number of ether oxygens (including phenoxy) is 2. The Morgan fingerprint density at radius 3 is 2.66 bits per heavy atom. The summed E-state index contributed by atoms with van der Waals surface area (Å²) in [5, 5.41) is 21.9. The molecule has 0 spiro atoms. The number of nitro benzene ring substituents is 1. The third-order valence-corrected chi connectivity index (χ3v) is 6.04. The molecule has 0 unspecified atom stereocenters. The van der Waals surface area contributed by atoms with Crippen LogP contribution in [0.4, 0.5) is 11.5 Å². The van der Waals surface area contributed by atoms with Gasteiger partial charge in [-0.05, 0) is 18.9 Å². The van der Waals surface area contributed by atoms with Crippen molar-refractivity contribution in [3.8, 4) is 5.75 Å². The van der Waals surface area contributed by atoms with Gasteiger partial charge < -0.3 is 30.1 Å². The van der Waals surface area contributed by atoms with Gasteiger partial charge in [0.25, 0.3) is 5.69 Å². The van der Waals surface area contributed by atoms with E-state index < -0.39 is 49.1 Å². The molecule has 1 aromatic carbocycles. The minimum atomic E-state index is -4.80. The van der Waals surface area contributed by atoms with Gasteiger partial charge in [-0.3, -0.25) is 19.2 Å². The molecular weight excluding hydrogens is 487 g/mol. The number of hydrogen-bond donors (Lipinski definition) is 4. The number of nitrogens with zero attached hydrogens (tertiary/aromatic N) is 3. The Kier molecular flexibility index (Phi) is 7.65. The lowest BCUT2D eigenvalue weighted by atomic mass is 9.97. The van der Waals surface area contributed by atoms with Crippen molar-refractivity contribution >= 4 is 19.3 Å². The molecule has 15 heteroatoms. The largest absolute Gasteiger partial charge is 0.480 e. The van der Waals surface area contributed by atoms with Crippen LogP contribution < -0.4 is 16.2 Å². The summed E-state index contributed by atoms with van der Waals surface area (Å²) in [6.45, 7) is 4.45. The van der Waals surface area contributed by atoms with Crippen LogP contribution in [0.25, 0.3) is 0 Å². The highest BCUT2D eigenvalue weighted by molar-refractivity contribution is 7.46. The molecule has 1 fully saturated rings. The number of aliphatic hydroxyl groups excluding tert-OH is 1. The molecule has 0 radical (unpaired) electrons. The summed E-state index contributed by atoms with van der Waals surface area (Å²) in [7, 11) is -4.80. The third kappa shape index (κ3) is 6.04. The number of nitrogen functional groups attached to an aromatic ring is 1. The van der Waals surface area contributed by atoms with Gasteiger partial charge in [-0.25, -0.2) is 9.36 Å². The second-order valence-corrected chi connectivity index (χ2v) is 9.87. The monoisotopic (exact) mass is 514 g/mol. The maximum Gasteiger partial charge on any atom is 0.469 e. The Morgan fingerprint density at radius 2 is 2.06 bits per heavy atom. The van der Waals surface area contributed by atoms with E-state index in [0.717, 1.165) is 4.57 Å². The molecule has 14 nitrogen and oxygen atoms in total.